The number of halogens is 1. The van der Waals surface area contributed by atoms with Gasteiger partial charge in [-0.05, 0) is 49.2 Å². The van der Waals surface area contributed by atoms with Crippen molar-refractivity contribution in [3.8, 4) is 11.3 Å². The Hall–Kier alpha value is -2.63. The SMILES string of the molecule is O=C(c1ccncc1)N1CCC(NCc2ccc(-c3cccc(Cl)c3)o2)CC1. The van der Waals surface area contributed by atoms with E-state index >= 15 is 0 Å². The molecule has 1 N–H and O–H groups in total. The number of furan rings is 1. The van der Waals surface area contributed by atoms with Crippen molar-refractivity contribution in [2.45, 2.75) is 25.4 Å². The van der Waals surface area contributed by atoms with Gasteiger partial charge < -0.3 is 14.6 Å². The minimum atomic E-state index is 0.0815. The molecule has 1 aliphatic rings. The summed E-state index contributed by atoms with van der Waals surface area (Å²) in [6.45, 7) is 2.18. The maximum Gasteiger partial charge on any atom is 0.253 e. The summed E-state index contributed by atoms with van der Waals surface area (Å²) in [5.74, 6) is 1.79. The molecule has 1 fully saturated rings. The maximum absolute atomic E-state index is 12.5. The first-order chi connectivity index (χ1) is 13.7. The van der Waals surface area contributed by atoms with Gasteiger partial charge in [-0.1, -0.05) is 23.7 Å². The Bertz CT molecular complexity index is 934. The fraction of sp³-hybridized carbons (Fsp3) is 0.273. The van der Waals surface area contributed by atoms with E-state index in [1.165, 1.54) is 0 Å². The number of pyridine rings is 1. The number of benzene rings is 1. The molecule has 0 spiro atoms. The fourth-order valence-corrected chi connectivity index (χ4v) is 3.67. The van der Waals surface area contributed by atoms with Gasteiger partial charge in [-0.25, -0.2) is 0 Å². The van der Waals surface area contributed by atoms with Crippen molar-refractivity contribution in [2.24, 2.45) is 0 Å². The second-order valence-corrected chi connectivity index (χ2v) is 7.40. The first-order valence-electron chi connectivity index (χ1n) is 9.46. The predicted molar refractivity (Wildman–Crippen MR) is 109 cm³/mol. The molecule has 0 atom stereocenters. The second kappa shape index (κ2) is 8.59. The van der Waals surface area contributed by atoms with E-state index in [1.807, 2.05) is 41.3 Å². The summed E-state index contributed by atoms with van der Waals surface area (Å²) in [6.07, 6.45) is 5.17. The number of amides is 1. The van der Waals surface area contributed by atoms with Crippen molar-refractivity contribution in [3.63, 3.8) is 0 Å². The largest absolute Gasteiger partial charge is 0.460 e. The molecule has 5 nitrogen and oxygen atoms in total. The Morgan fingerprint density at radius 3 is 2.68 bits per heavy atom. The van der Waals surface area contributed by atoms with Crippen LogP contribution in [0.3, 0.4) is 0 Å². The van der Waals surface area contributed by atoms with E-state index in [9.17, 15) is 4.79 Å². The number of hydrogen-bond acceptors (Lipinski definition) is 4. The monoisotopic (exact) mass is 395 g/mol. The first kappa shape index (κ1) is 18.7. The molecule has 1 aliphatic heterocycles. The summed E-state index contributed by atoms with van der Waals surface area (Å²) in [5, 5.41) is 4.24. The number of nitrogens with one attached hydrogen (secondary N) is 1. The molecule has 3 heterocycles. The molecule has 3 aromatic rings. The summed E-state index contributed by atoms with van der Waals surface area (Å²) in [5.41, 5.74) is 1.67. The Morgan fingerprint density at radius 1 is 1.14 bits per heavy atom. The molecule has 0 unspecified atom stereocenters. The lowest BCUT2D eigenvalue weighted by Crippen LogP contribution is -2.44. The highest BCUT2D eigenvalue weighted by Crippen LogP contribution is 2.25. The van der Waals surface area contributed by atoms with Crippen LogP contribution in [0.25, 0.3) is 11.3 Å². The zero-order valence-corrected chi connectivity index (χ0v) is 16.2. The molecule has 1 saturated heterocycles. The van der Waals surface area contributed by atoms with E-state index in [4.69, 9.17) is 16.0 Å². The smallest absolute Gasteiger partial charge is 0.253 e. The number of nitrogens with zero attached hydrogens (tertiary/aromatic N) is 2. The van der Waals surface area contributed by atoms with Crippen molar-refractivity contribution >= 4 is 17.5 Å². The summed E-state index contributed by atoms with van der Waals surface area (Å²) in [6, 6.07) is 15.5. The Balaban J connectivity index is 1.27. The van der Waals surface area contributed by atoms with Crippen molar-refractivity contribution in [2.75, 3.05) is 13.1 Å². The number of rotatable bonds is 5. The van der Waals surface area contributed by atoms with Crippen LogP contribution < -0.4 is 5.32 Å². The van der Waals surface area contributed by atoms with Crippen LogP contribution >= 0.6 is 11.6 Å². The lowest BCUT2D eigenvalue weighted by Gasteiger charge is -2.32. The van der Waals surface area contributed by atoms with Gasteiger partial charge in [0.25, 0.3) is 5.91 Å². The molecule has 4 rings (SSSR count). The van der Waals surface area contributed by atoms with Crippen LogP contribution in [0, 0.1) is 0 Å². The topological polar surface area (TPSA) is 58.4 Å². The molecular weight excluding hydrogens is 374 g/mol. The number of carbonyl (C=O) groups is 1. The van der Waals surface area contributed by atoms with Crippen LogP contribution in [0.2, 0.25) is 5.02 Å². The first-order valence-corrected chi connectivity index (χ1v) is 9.84. The average molecular weight is 396 g/mol. The number of likely N-dealkylation sites (tertiary alicyclic amines) is 1. The highest BCUT2D eigenvalue weighted by molar-refractivity contribution is 6.30. The number of piperidine rings is 1. The molecule has 0 radical (unpaired) electrons. The highest BCUT2D eigenvalue weighted by atomic mass is 35.5. The second-order valence-electron chi connectivity index (χ2n) is 6.96. The van der Waals surface area contributed by atoms with Crippen LogP contribution in [0.1, 0.15) is 29.0 Å². The van der Waals surface area contributed by atoms with Crippen molar-refractivity contribution < 1.29 is 9.21 Å². The molecule has 28 heavy (non-hydrogen) atoms. The summed E-state index contributed by atoms with van der Waals surface area (Å²) in [4.78, 5) is 18.4. The standard InChI is InChI=1S/C22H22ClN3O2/c23-18-3-1-2-17(14-18)21-5-4-20(28-21)15-25-19-8-12-26(13-9-19)22(27)16-6-10-24-11-7-16/h1-7,10-11,14,19,25H,8-9,12-13,15H2. The van der Waals surface area contributed by atoms with E-state index in [2.05, 4.69) is 10.3 Å². The minimum absolute atomic E-state index is 0.0815. The lowest BCUT2D eigenvalue weighted by molar-refractivity contribution is 0.0704. The van der Waals surface area contributed by atoms with Crippen LogP contribution in [0.15, 0.2) is 65.3 Å². The van der Waals surface area contributed by atoms with E-state index < -0.39 is 0 Å². The van der Waals surface area contributed by atoms with Gasteiger partial charge in [-0.3, -0.25) is 9.78 Å². The van der Waals surface area contributed by atoms with Gasteiger partial charge in [0, 0.05) is 47.7 Å². The van der Waals surface area contributed by atoms with Gasteiger partial charge in [0.2, 0.25) is 0 Å². The summed E-state index contributed by atoms with van der Waals surface area (Å²) < 4.78 is 5.94. The van der Waals surface area contributed by atoms with Gasteiger partial charge in [-0.2, -0.15) is 0 Å². The molecule has 2 aromatic heterocycles. The van der Waals surface area contributed by atoms with Crippen LogP contribution in [-0.4, -0.2) is 34.9 Å². The molecule has 1 aromatic carbocycles. The average Bonchev–Trinajstić information content (AvgIpc) is 3.22. The zero-order valence-electron chi connectivity index (χ0n) is 15.5. The van der Waals surface area contributed by atoms with Gasteiger partial charge in [0.1, 0.15) is 11.5 Å². The molecule has 0 saturated carbocycles. The summed E-state index contributed by atoms with van der Waals surface area (Å²) in [7, 11) is 0. The number of carbonyl (C=O) groups excluding carboxylic acids is 1. The Kier molecular flexibility index (Phi) is 5.74. The van der Waals surface area contributed by atoms with Gasteiger partial charge in [-0.15, -0.1) is 0 Å². The Morgan fingerprint density at radius 2 is 1.93 bits per heavy atom. The lowest BCUT2D eigenvalue weighted by atomic mass is 10.0. The molecule has 144 valence electrons. The molecule has 0 bridgehead atoms. The van der Waals surface area contributed by atoms with Crippen molar-refractivity contribution in [3.05, 3.63) is 77.3 Å². The third-order valence-electron chi connectivity index (χ3n) is 5.05. The van der Waals surface area contributed by atoms with E-state index in [-0.39, 0.29) is 5.91 Å². The predicted octanol–water partition coefficient (Wildman–Crippen LogP) is 4.39. The van der Waals surface area contributed by atoms with E-state index in [1.54, 1.807) is 24.5 Å². The maximum atomic E-state index is 12.5. The fourth-order valence-electron chi connectivity index (χ4n) is 3.48. The zero-order chi connectivity index (χ0) is 19.3. The van der Waals surface area contributed by atoms with Crippen LogP contribution in [0.4, 0.5) is 0 Å². The summed E-state index contributed by atoms with van der Waals surface area (Å²) >= 11 is 6.05. The minimum Gasteiger partial charge on any atom is -0.460 e. The van der Waals surface area contributed by atoms with Crippen LogP contribution in [0.5, 0.6) is 0 Å². The van der Waals surface area contributed by atoms with Crippen molar-refractivity contribution in [1.82, 2.24) is 15.2 Å². The number of hydrogen-bond donors (Lipinski definition) is 1. The molecule has 0 aliphatic carbocycles. The molecule has 6 heteroatoms. The quantitative estimate of drug-likeness (QED) is 0.696. The number of aromatic nitrogens is 1. The molecular formula is C22H22ClN3O2. The van der Waals surface area contributed by atoms with E-state index in [0.29, 0.717) is 23.2 Å². The molecule has 1 amide bonds. The van der Waals surface area contributed by atoms with Gasteiger partial charge >= 0.3 is 0 Å². The third kappa shape index (κ3) is 4.43. The van der Waals surface area contributed by atoms with E-state index in [0.717, 1.165) is 43.0 Å². The third-order valence-corrected chi connectivity index (χ3v) is 5.28. The Labute approximate surface area is 169 Å². The highest BCUT2D eigenvalue weighted by Gasteiger charge is 2.23. The normalized spacial score (nSPS) is 15.0. The van der Waals surface area contributed by atoms with Crippen LogP contribution in [-0.2, 0) is 6.54 Å². The van der Waals surface area contributed by atoms with Gasteiger partial charge in [0.05, 0.1) is 6.54 Å². The van der Waals surface area contributed by atoms with Gasteiger partial charge in [0.15, 0.2) is 0 Å². The van der Waals surface area contributed by atoms with Crippen molar-refractivity contribution in [1.29, 1.82) is 0 Å².